The fourth-order valence-electron chi connectivity index (χ4n) is 1.37. The second-order valence-electron chi connectivity index (χ2n) is 4.94. The Morgan fingerprint density at radius 3 is 1.92 bits per heavy atom. The van der Waals surface area contributed by atoms with E-state index in [9.17, 15) is 0 Å². The topological polar surface area (TPSA) is 12.0 Å². The minimum Gasteiger partial charge on any atom is -0.312 e. The van der Waals surface area contributed by atoms with E-state index in [4.69, 9.17) is 0 Å². The highest BCUT2D eigenvalue weighted by molar-refractivity contribution is 4.69. The van der Waals surface area contributed by atoms with Crippen molar-refractivity contribution in [2.45, 2.75) is 71.8 Å². The van der Waals surface area contributed by atoms with Gasteiger partial charge in [0.1, 0.15) is 0 Å². The van der Waals surface area contributed by atoms with Crippen molar-refractivity contribution in [1.82, 2.24) is 5.32 Å². The van der Waals surface area contributed by atoms with Gasteiger partial charge in [0.15, 0.2) is 0 Å². The highest BCUT2D eigenvalue weighted by Gasteiger charge is 2.06. The van der Waals surface area contributed by atoms with Crippen LogP contribution in [0.3, 0.4) is 0 Å². The Bertz CT molecular complexity index is 102. The van der Waals surface area contributed by atoms with Crippen molar-refractivity contribution in [2.75, 3.05) is 6.54 Å². The Kier molecular flexibility index (Phi) is 7.35. The van der Waals surface area contributed by atoms with Gasteiger partial charge in [0.05, 0.1) is 0 Å². The lowest BCUT2D eigenvalue weighted by Gasteiger charge is -2.20. The molecule has 0 bridgehead atoms. The highest BCUT2D eigenvalue weighted by Crippen LogP contribution is 2.05. The molecule has 0 heterocycles. The van der Waals surface area contributed by atoms with Gasteiger partial charge in [-0.05, 0) is 33.7 Å². The van der Waals surface area contributed by atoms with Gasteiger partial charge in [0.2, 0.25) is 0 Å². The van der Waals surface area contributed by atoms with Crippen LogP contribution in [0.1, 0.15) is 66.2 Å². The molecule has 0 aromatic rings. The van der Waals surface area contributed by atoms with E-state index in [0.717, 1.165) is 0 Å². The zero-order chi connectivity index (χ0) is 10.2. The van der Waals surface area contributed by atoms with Crippen molar-refractivity contribution < 1.29 is 0 Å². The van der Waals surface area contributed by atoms with Crippen LogP contribution in [0.5, 0.6) is 0 Å². The lowest BCUT2D eigenvalue weighted by atomic mass is 10.1. The van der Waals surface area contributed by atoms with E-state index in [-0.39, 0.29) is 0 Å². The maximum atomic E-state index is 3.51. The van der Waals surface area contributed by atoms with Crippen LogP contribution in [0.2, 0.25) is 0 Å². The summed E-state index contributed by atoms with van der Waals surface area (Å²) >= 11 is 0. The number of unbranched alkanes of at least 4 members (excludes halogenated alkanes) is 5. The summed E-state index contributed by atoms with van der Waals surface area (Å²) in [5, 5.41) is 3.51. The summed E-state index contributed by atoms with van der Waals surface area (Å²) in [6.45, 7) is 10.1. The molecule has 1 N–H and O–H groups in total. The van der Waals surface area contributed by atoms with Gasteiger partial charge in [-0.25, -0.2) is 0 Å². The zero-order valence-electron chi connectivity index (χ0n) is 9.95. The smallest absolute Gasteiger partial charge is 0.00965 e. The monoisotopic (exact) mass is 185 g/mol. The molecule has 0 aliphatic carbocycles. The van der Waals surface area contributed by atoms with Crippen molar-refractivity contribution in [3.8, 4) is 0 Å². The molecule has 0 unspecified atom stereocenters. The van der Waals surface area contributed by atoms with Crippen LogP contribution in [-0.2, 0) is 0 Å². The van der Waals surface area contributed by atoms with Crippen LogP contribution in [0, 0.1) is 0 Å². The van der Waals surface area contributed by atoms with Gasteiger partial charge in [-0.3, -0.25) is 0 Å². The van der Waals surface area contributed by atoms with E-state index in [1.807, 2.05) is 0 Å². The summed E-state index contributed by atoms with van der Waals surface area (Å²) < 4.78 is 0. The molecule has 0 fully saturated rings. The summed E-state index contributed by atoms with van der Waals surface area (Å²) in [7, 11) is 0. The predicted octanol–water partition coefficient (Wildman–Crippen LogP) is 3.74. The molecule has 0 saturated carbocycles. The average molecular weight is 185 g/mol. The van der Waals surface area contributed by atoms with E-state index in [0.29, 0.717) is 5.54 Å². The van der Waals surface area contributed by atoms with Crippen LogP contribution in [0.4, 0.5) is 0 Å². The predicted molar refractivity (Wildman–Crippen MR) is 61.1 cm³/mol. The summed E-state index contributed by atoms with van der Waals surface area (Å²) in [6, 6.07) is 0. The molecule has 0 amide bonds. The lowest BCUT2D eigenvalue weighted by molar-refractivity contribution is 0.415. The third-order valence-corrected chi connectivity index (χ3v) is 2.19. The second kappa shape index (κ2) is 7.37. The van der Waals surface area contributed by atoms with E-state index >= 15 is 0 Å². The van der Waals surface area contributed by atoms with Crippen molar-refractivity contribution in [1.29, 1.82) is 0 Å². The minimum absolute atomic E-state index is 0.295. The molecule has 0 aromatic heterocycles. The fourth-order valence-corrected chi connectivity index (χ4v) is 1.37. The van der Waals surface area contributed by atoms with Crippen LogP contribution in [0.15, 0.2) is 0 Å². The Hall–Kier alpha value is -0.0400. The normalized spacial score (nSPS) is 12.0. The molecular weight excluding hydrogens is 158 g/mol. The molecule has 0 aliphatic heterocycles. The summed E-state index contributed by atoms with van der Waals surface area (Å²) in [4.78, 5) is 0. The molecule has 0 aromatic carbocycles. The molecule has 13 heavy (non-hydrogen) atoms. The number of hydrogen-bond donors (Lipinski definition) is 1. The third kappa shape index (κ3) is 12.0. The standard InChI is InChI=1S/C12H27N/c1-5-6-7-8-9-10-11-13-12(2,3)4/h13H,5-11H2,1-4H3. The molecule has 0 saturated heterocycles. The SMILES string of the molecule is CCCCCCCCNC(C)(C)C. The Balaban J connectivity index is 3.00. The van der Waals surface area contributed by atoms with E-state index in [1.54, 1.807) is 0 Å². The molecule has 1 heteroatoms. The van der Waals surface area contributed by atoms with Crippen LogP contribution < -0.4 is 5.32 Å². The first-order valence-electron chi connectivity index (χ1n) is 5.81. The van der Waals surface area contributed by atoms with Crippen LogP contribution in [-0.4, -0.2) is 12.1 Å². The van der Waals surface area contributed by atoms with Crippen molar-refractivity contribution in [3.63, 3.8) is 0 Å². The quantitative estimate of drug-likeness (QED) is 0.596. The Labute approximate surface area is 84.3 Å². The summed E-state index contributed by atoms with van der Waals surface area (Å²) in [5.41, 5.74) is 0.295. The molecule has 0 radical (unpaired) electrons. The number of hydrogen-bond acceptors (Lipinski definition) is 1. The van der Waals surface area contributed by atoms with Crippen LogP contribution >= 0.6 is 0 Å². The Morgan fingerprint density at radius 1 is 0.846 bits per heavy atom. The van der Waals surface area contributed by atoms with Gasteiger partial charge in [-0.15, -0.1) is 0 Å². The van der Waals surface area contributed by atoms with Crippen molar-refractivity contribution in [2.24, 2.45) is 0 Å². The van der Waals surface area contributed by atoms with Gasteiger partial charge >= 0.3 is 0 Å². The maximum absolute atomic E-state index is 3.51. The fraction of sp³-hybridized carbons (Fsp3) is 1.00. The summed E-state index contributed by atoms with van der Waals surface area (Å²) in [6.07, 6.45) is 8.32. The third-order valence-electron chi connectivity index (χ3n) is 2.19. The van der Waals surface area contributed by atoms with Gasteiger partial charge in [0.25, 0.3) is 0 Å². The molecule has 0 aliphatic rings. The minimum atomic E-state index is 0.295. The molecule has 80 valence electrons. The van der Waals surface area contributed by atoms with E-state index in [2.05, 4.69) is 33.0 Å². The summed E-state index contributed by atoms with van der Waals surface area (Å²) in [5.74, 6) is 0. The first kappa shape index (κ1) is 13.0. The van der Waals surface area contributed by atoms with Crippen LogP contribution in [0.25, 0.3) is 0 Å². The zero-order valence-corrected chi connectivity index (χ0v) is 9.95. The molecule has 1 nitrogen and oxygen atoms in total. The first-order chi connectivity index (χ1) is 6.06. The van der Waals surface area contributed by atoms with Crippen molar-refractivity contribution >= 4 is 0 Å². The Morgan fingerprint density at radius 2 is 1.38 bits per heavy atom. The molecular formula is C12H27N. The van der Waals surface area contributed by atoms with Crippen molar-refractivity contribution in [3.05, 3.63) is 0 Å². The molecule has 0 spiro atoms. The van der Waals surface area contributed by atoms with Gasteiger partial charge in [-0.1, -0.05) is 39.0 Å². The average Bonchev–Trinajstić information content (AvgIpc) is 2.01. The van der Waals surface area contributed by atoms with E-state index in [1.165, 1.54) is 45.1 Å². The number of nitrogens with one attached hydrogen (secondary N) is 1. The molecule has 0 rings (SSSR count). The highest BCUT2D eigenvalue weighted by atomic mass is 14.9. The van der Waals surface area contributed by atoms with Gasteiger partial charge in [-0.2, -0.15) is 0 Å². The largest absolute Gasteiger partial charge is 0.312 e. The first-order valence-corrected chi connectivity index (χ1v) is 5.81. The van der Waals surface area contributed by atoms with E-state index < -0.39 is 0 Å². The maximum Gasteiger partial charge on any atom is 0.00965 e. The van der Waals surface area contributed by atoms with Gasteiger partial charge in [0, 0.05) is 5.54 Å². The number of rotatable bonds is 7. The second-order valence-corrected chi connectivity index (χ2v) is 4.94. The molecule has 0 atom stereocenters. The van der Waals surface area contributed by atoms with Gasteiger partial charge < -0.3 is 5.32 Å². The lowest BCUT2D eigenvalue weighted by Crippen LogP contribution is -2.36.